The summed E-state index contributed by atoms with van der Waals surface area (Å²) in [6.07, 6.45) is 0. The fraction of sp³-hybridized carbons (Fsp3) is 0.167. The van der Waals surface area contributed by atoms with E-state index in [9.17, 15) is 0 Å². The molecule has 0 aliphatic heterocycles. The number of nitrogens with one attached hydrogen (secondary N) is 1. The number of aryl methyl sites for hydroxylation is 2. The van der Waals surface area contributed by atoms with Gasteiger partial charge in [0.1, 0.15) is 10.7 Å². The van der Waals surface area contributed by atoms with Gasteiger partial charge in [-0.1, -0.05) is 36.4 Å². The van der Waals surface area contributed by atoms with Gasteiger partial charge in [0.2, 0.25) is 0 Å². The molecule has 0 amide bonds. The molecule has 22 heavy (non-hydrogen) atoms. The number of anilines is 2. The van der Waals surface area contributed by atoms with E-state index in [-0.39, 0.29) is 0 Å². The molecule has 0 aliphatic carbocycles. The lowest BCUT2D eigenvalue weighted by Crippen LogP contribution is -1.99. The number of fused-ring (bicyclic) bond motifs is 1. The molecule has 1 aromatic heterocycles. The zero-order valence-electron chi connectivity index (χ0n) is 12.4. The lowest BCUT2D eigenvalue weighted by atomic mass is 10.1. The fourth-order valence-electron chi connectivity index (χ4n) is 2.51. The Morgan fingerprint density at radius 3 is 2.41 bits per heavy atom. The second-order valence-corrected chi connectivity index (χ2v) is 6.40. The zero-order chi connectivity index (χ0) is 15.7. The topological polar surface area (TPSA) is 24.9 Å². The Morgan fingerprint density at radius 1 is 0.955 bits per heavy atom. The van der Waals surface area contributed by atoms with E-state index in [4.69, 9.17) is 28.2 Å². The Balaban J connectivity index is 2.15. The maximum atomic E-state index is 6.15. The number of alkyl halides is 2. The molecule has 3 rings (SSSR count). The van der Waals surface area contributed by atoms with Crippen LogP contribution in [0, 0.1) is 13.8 Å². The molecule has 112 valence electrons. The van der Waals surface area contributed by atoms with Gasteiger partial charge in [-0.2, -0.15) is 0 Å². The summed E-state index contributed by atoms with van der Waals surface area (Å²) in [4.78, 5) is 4.13. The maximum absolute atomic E-state index is 6.15. The van der Waals surface area contributed by atoms with Crippen molar-refractivity contribution in [3.63, 3.8) is 0 Å². The third kappa shape index (κ3) is 2.90. The number of hydrogen-bond acceptors (Lipinski definition) is 2. The first-order chi connectivity index (χ1) is 10.6. The van der Waals surface area contributed by atoms with Crippen molar-refractivity contribution in [3.8, 4) is 0 Å². The average molecular weight is 331 g/mol. The number of hydrogen-bond donors (Lipinski definition) is 1. The molecule has 0 unspecified atom stereocenters. The van der Waals surface area contributed by atoms with Crippen molar-refractivity contribution in [2.75, 3.05) is 5.32 Å². The molecule has 2 nitrogen and oxygen atoms in total. The van der Waals surface area contributed by atoms with Crippen LogP contribution < -0.4 is 5.32 Å². The minimum Gasteiger partial charge on any atom is -0.340 e. The molecule has 0 radical (unpaired) electrons. The van der Waals surface area contributed by atoms with Crippen LogP contribution in [0.2, 0.25) is 0 Å². The quantitative estimate of drug-likeness (QED) is 0.589. The average Bonchev–Trinajstić information content (AvgIpc) is 2.49. The van der Waals surface area contributed by atoms with E-state index in [0.29, 0.717) is 0 Å². The van der Waals surface area contributed by atoms with E-state index < -0.39 is 4.84 Å². The molecule has 0 saturated heterocycles. The van der Waals surface area contributed by atoms with Gasteiger partial charge in [0.05, 0.1) is 5.52 Å². The van der Waals surface area contributed by atoms with Gasteiger partial charge in [0.25, 0.3) is 0 Å². The minimum absolute atomic E-state index is 0.593. The number of pyridine rings is 1. The van der Waals surface area contributed by atoms with E-state index >= 15 is 0 Å². The van der Waals surface area contributed by atoms with Crippen molar-refractivity contribution in [1.29, 1.82) is 0 Å². The number of halogens is 2. The molecule has 0 fully saturated rings. The van der Waals surface area contributed by atoms with E-state index in [2.05, 4.69) is 18.3 Å². The Hall–Kier alpha value is -1.77. The van der Waals surface area contributed by atoms with Crippen LogP contribution in [-0.4, -0.2) is 4.98 Å². The molecule has 4 heteroatoms. The molecule has 0 bridgehead atoms. The highest BCUT2D eigenvalue weighted by Gasteiger charge is 2.13. The van der Waals surface area contributed by atoms with E-state index in [1.165, 1.54) is 0 Å². The van der Waals surface area contributed by atoms with Crippen LogP contribution in [0.5, 0.6) is 0 Å². The molecule has 0 spiro atoms. The van der Waals surface area contributed by atoms with E-state index in [1.807, 2.05) is 49.4 Å². The van der Waals surface area contributed by atoms with Crippen molar-refractivity contribution in [1.82, 2.24) is 4.98 Å². The Kier molecular flexibility index (Phi) is 4.23. The molecular weight excluding hydrogens is 315 g/mol. The smallest absolute Gasteiger partial charge is 0.133 e. The standard InChI is InChI=1S/C18H16Cl2N2/c1-11-6-3-4-9-15(11)21-16-10-14(18(19)20)13-8-5-7-12(2)17(13)22-16/h3-10,18H,1-2H3,(H,21,22). The van der Waals surface area contributed by atoms with E-state index in [0.717, 1.165) is 39.1 Å². The van der Waals surface area contributed by atoms with Crippen LogP contribution in [0.25, 0.3) is 10.9 Å². The van der Waals surface area contributed by atoms with Crippen molar-refractivity contribution in [3.05, 3.63) is 65.2 Å². The molecule has 1 heterocycles. The first-order valence-electron chi connectivity index (χ1n) is 7.07. The summed E-state index contributed by atoms with van der Waals surface area (Å²) in [6.45, 7) is 4.09. The van der Waals surface area contributed by atoms with Crippen molar-refractivity contribution >= 4 is 45.6 Å². The molecule has 0 atom stereocenters. The third-order valence-corrected chi connectivity index (χ3v) is 4.19. The van der Waals surface area contributed by atoms with E-state index in [1.54, 1.807) is 0 Å². The molecule has 1 N–H and O–H groups in total. The second-order valence-electron chi connectivity index (χ2n) is 5.31. The fourth-order valence-corrected chi connectivity index (χ4v) is 2.87. The highest BCUT2D eigenvalue weighted by molar-refractivity contribution is 6.44. The third-order valence-electron chi connectivity index (χ3n) is 3.72. The summed E-state index contributed by atoms with van der Waals surface area (Å²) in [6, 6.07) is 16.0. The van der Waals surface area contributed by atoms with Crippen LogP contribution in [0.1, 0.15) is 21.5 Å². The minimum atomic E-state index is -0.593. The lowest BCUT2D eigenvalue weighted by molar-refractivity contribution is 1.28. The summed E-state index contributed by atoms with van der Waals surface area (Å²) in [5.74, 6) is 0.748. The predicted octanol–water partition coefficient (Wildman–Crippen LogP) is 6.07. The first-order valence-corrected chi connectivity index (χ1v) is 7.94. The normalized spacial score (nSPS) is 11.1. The van der Waals surface area contributed by atoms with Crippen molar-refractivity contribution in [2.45, 2.75) is 18.7 Å². The highest BCUT2D eigenvalue weighted by Crippen LogP contribution is 2.34. The van der Waals surface area contributed by atoms with Crippen LogP contribution in [0.4, 0.5) is 11.5 Å². The van der Waals surface area contributed by atoms with Gasteiger partial charge in [-0.25, -0.2) is 4.98 Å². The first kappa shape index (κ1) is 15.1. The maximum Gasteiger partial charge on any atom is 0.133 e. The number of para-hydroxylation sites is 2. The SMILES string of the molecule is Cc1ccccc1Nc1cc(C(Cl)Cl)c2cccc(C)c2n1. The second kappa shape index (κ2) is 6.15. The summed E-state index contributed by atoms with van der Waals surface area (Å²) in [7, 11) is 0. The molecule has 0 aliphatic rings. The van der Waals surface area contributed by atoms with Crippen LogP contribution >= 0.6 is 23.2 Å². The monoisotopic (exact) mass is 330 g/mol. The van der Waals surface area contributed by atoms with Gasteiger partial charge in [-0.05, 0) is 42.7 Å². The molecular formula is C18H16Cl2N2. The van der Waals surface area contributed by atoms with Gasteiger partial charge in [-0.3, -0.25) is 0 Å². The summed E-state index contributed by atoms with van der Waals surface area (Å²) >= 11 is 12.3. The van der Waals surface area contributed by atoms with Gasteiger partial charge in [0.15, 0.2) is 0 Å². The Bertz CT molecular complexity index is 828. The van der Waals surface area contributed by atoms with Crippen molar-refractivity contribution < 1.29 is 0 Å². The van der Waals surface area contributed by atoms with Gasteiger partial charge >= 0.3 is 0 Å². The van der Waals surface area contributed by atoms with Gasteiger partial charge in [-0.15, -0.1) is 23.2 Å². The van der Waals surface area contributed by atoms with Crippen LogP contribution in [-0.2, 0) is 0 Å². The van der Waals surface area contributed by atoms with Crippen molar-refractivity contribution in [2.24, 2.45) is 0 Å². The van der Waals surface area contributed by atoms with Crippen LogP contribution in [0.3, 0.4) is 0 Å². The Labute approximate surface area is 140 Å². The zero-order valence-corrected chi connectivity index (χ0v) is 13.9. The Morgan fingerprint density at radius 2 is 1.68 bits per heavy atom. The number of aromatic nitrogens is 1. The summed E-state index contributed by atoms with van der Waals surface area (Å²) in [5.41, 5.74) is 5.07. The molecule has 3 aromatic rings. The lowest BCUT2D eigenvalue weighted by Gasteiger charge is -2.14. The largest absolute Gasteiger partial charge is 0.340 e. The summed E-state index contributed by atoms with van der Waals surface area (Å²) in [5, 5.41) is 4.35. The number of rotatable bonds is 3. The number of nitrogens with zero attached hydrogens (tertiary/aromatic N) is 1. The number of benzene rings is 2. The highest BCUT2D eigenvalue weighted by atomic mass is 35.5. The van der Waals surface area contributed by atoms with Crippen LogP contribution in [0.15, 0.2) is 48.5 Å². The summed E-state index contributed by atoms with van der Waals surface area (Å²) < 4.78 is 0. The van der Waals surface area contributed by atoms with Gasteiger partial charge < -0.3 is 5.32 Å². The molecule has 2 aromatic carbocycles. The molecule has 0 saturated carbocycles. The predicted molar refractivity (Wildman–Crippen MR) is 95.4 cm³/mol. The van der Waals surface area contributed by atoms with Gasteiger partial charge in [0, 0.05) is 11.1 Å².